The predicted octanol–water partition coefficient (Wildman–Crippen LogP) is 3.43. The molecule has 1 N–H and O–H groups in total. The number of carbonyl (C=O) groups excluding carboxylic acids is 1. The van der Waals surface area contributed by atoms with Crippen LogP contribution in [-0.2, 0) is 9.53 Å². The molecule has 0 spiro atoms. The minimum absolute atomic E-state index is 0.318. The van der Waals surface area contributed by atoms with Crippen LogP contribution in [0, 0.1) is 0 Å². The maximum absolute atomic E-state index is 9.60. The Morgan fingerprint density at radius 2 is 1.83 bits per heavy atom. The Hall–Kier alpha value is -2.14. The van der Waals surface area contributed by atoms with Crippen molar-refractivity contribution in [3.63, 3.8) is 0 Å². The summed E-state index contributed by atoms with van der Waals surface area (Å²) in [6.45, 7) is 8.13. The molecule has 1 saturated heterocycles. The SMILES string of the molecule is CC(C)(C)OC=O.c1ccc(-c2cnn(C3CCNCC3)c2)cc1. The van der Waals surface area contributed by atoms with Crippen LogP contribution in [0.25, 0.3) is 11.1 Å². The number of ether oxygens (including phenoxy) is 1. The highest BCUT2D eigenvalue weighted by Gasteiger charge is 2.15. The zero-order chi connectivity index (χ0) is 17.4. The first kappa shape index (κ1) is 18.2. The van der Waals surface area contributed by atoms with E-state index in [0.29, 0.717) is 12.5 Å². The first-order valence-electron chi connectivity index (χ1n) is 8.41. The fourth-order valence-corrected chi connectivity index (χ4v) is 2.53. The molecule has 1 aromatic carbocycles. The number of hydrogen-bond acceptors (Lipinski definition) is 4. The highest BCUT2D eigenvalue weighted by Crippen LogP contribution is 2.22. The standard InChI is InChI=1S/C14H17N3.C5H10O2/c1-2-4-12(5-3-1)13-10-16-17(11-13)14-6-8-15-9-7-14;1-5(2,3)7-4-6/h1-5,10-11,14-15H,6-9H2;4H,1-3H3. The highest BCUT2D eigenvalue weighted by molar-refractivity contribution is 5.61. The summed E-state index contributed by atoms with van der Waals surface area (Å²) in [5, 5.41) is 7.89. The molecule has 5 nitrogen and oxygen atoms in total. The molecule has 1 aliphatic heterocycles. The third-order valence-corrected chi connectivity index (χ3v) is 3.79. The average molecular weight is 329 g/mol. The van der Waals surface area contributed by atoms with Crippen LogP contribution in [-0.4, -0.2) is 34.9 Å². The normalized spacial score (nSPS) is 15.3. The van der Waals surface area contributed by atoms with Crippen molar-refractivity contribution in [2.45, 2.75) is 45.3 Å². The zero-order valence-electron chi connectivity index (χ0n) is 14.7. The van der Waals surface area contributed by atoms with Crippen LogP contribution in [0.4, 0.5) is 0 Å². The van der Waals surface area contributed by atoms with Crippen molar-refractivity contribution >= 4 is 6.47 Å². The van der Waals surface area contributed by atoms with Gasteiger partial charge >= 0.3 is 0 Å². The van der Waals surface area contributed by atoms with Crippen LogP contribution in [0.15, 0.2) is 42.7 Å². The molecule has 0 unspecified atom stereocenters. The molecule has 1 aromatic heterocycles. The maximum Gasteiger partial charge on any atom is 0.293 e. The van der Waals surface area contributed by atoms with E-state index in [1.807, 2.05) is 33.0 Å². The van der Waals surface area contributed by atoms with Crippen LogP contribution in [0.5, 0.6) is 0 Å². The lowest BCUT2D eigenvalue weighted by Crippen LogP contribution is -2.29. The molecule has 0 radical (unpaired) electrons. The Bertz CT molecular complexity index is 611. The molecule has 24 heavy (non-hydrogen) atoms. The molecule has 1 aliphatic rings. The zero-order valence-corrected chi connectivity index (χ0v) is 14.7. The van der Waals surface area contributed by atoms with Gasteiger partial charge in [-0.1, -0.05) is 30.3 Å². The summed E-state index contributed by atoms with van der Waals surface area (Å²) in [6.07, 6.45) is 6.49. The minimum Gasteiger partial charge on any atom is -0.462 e. The monoisotopic (exact) mass is 329 g/mol. The number of nitrogens with zero attached hydrogens (tertiary/aromatic N) is 2. The largest absolute Gasteiger partial charge is 0.462 e. The van der Waals surface area contributed by atoms with Crippen LogP contribution in [0.3, 0.4) is 0 Å². The number of rotatable bonds is 3. The maximum atomic E-state index is 9.60. The second-order valence-corrected chi connectivity index (χ2v) is 6.88. The Morgan fingerprint density at radius 1 is 1.17 bits per heavy atom. The number of nitrogens with one attached hydrogen (secondary N) is 1. The lowest BCUT2D eigenvalue weighted by molar-refractivity contribution is -0.138. The first-order chi connectivity index (χ1) is 11.5. The summed E-state index contributed by atoms with van der Waals surface area (Å²) in [6, 6.07) is 11.0. The number of piperidine rings is 1. The van der Waals surface area contributed by atoms with Gasteiger partial charge in [-0.25, -0.2) is 0 Å². The summed E-state index contributed by atoms with van der Waals surface area (Å²) in [7, 11) is 0. The van der Waals surface area contributed by atoms with Gasteiger partial charge in [0.15, 0.2) is 0 Å². The van der Waals surface area contributed by atoms with Crippen molar-refractivity contribution in [3.8, 4) is 11.1 Å². The molecule has 0 saturated carbocycles. The molecule has 0 atom stereocenters. The highest BCUT2D eigenvalue weighted by atomic mass is 16.5. The van der Waals surface area contributed by atoms with Crippen molar-refractivity contribution in [1.29, 1.82) is 0 Å². The van der Waals surface area contributed by atoms with Gasteiger partial charge < -0.3 is 10.1 Å². The number of hydrogen-bond donors (Lipinski definition) is 1. The van der Waals surface area contributed by atoms with Crippen LogP contribution in [0.2, 0.25) is 0 Å². The van der Waals surface area contributed by atoms with E-state index in [4.69, 9.17) is 0 Å². The molecule has 0 amide bonds. The summed E-state index contributed by atoms with van der Waals surface area (Å²) >= 11 is 0. The molecule has 0 aliphatic carbocycles. The van der Waals surface area contributed by atoms with Gasteiger partial charge in [-0.05, 0) is 52.3 Å². The lowest BCUT2D eigenvalue weighted by atomic mass is 10.1. The predicted molar refractivity (Wildman–Crippen MR) is 95.7 cm³/mol. The molecule has 130 valence electrons. The van der Waals surface area contributed by atoms with E-state index < -0.39 is 0 Å². The van der Waals surface area contributed by atoms with E-state index in [-0.39, 0.29) is 5.60 Å². The summed E-state index contributed by atoms with van der Waals surface area (Å²) in [4.78, 5) is 9.60. The second-order valence-electron chi connectivity index (χ2n) is 6.88. The van der Waals surface area contributed by atoms with Gasteiger partial charge in [0.05, 0.1) is 12.2 Å². The van der Waals surface area contributed by atoms with Gasteiger partial charge in [-0.2, -0.15) is 5.10 Å². The molecule has 2 aromatic rings. The molecular weight excluding hydrogens is 302 g/mol. The number of benzene rings is 1. The number of aromatic nitrogens is 2. The van der Waals surface area contributed by atoms with E-state index in [9.17, 15) is 4.79 Å². The van der Waals surface area contributed by atoms with E-state index in [0.717, 1.165) is 13.1 Å². The minimum atomic E-state index is -0.318. The van der Waals surface area contributed by atoms with Crippen LogP contribution in [0.1, 0.15) is 39.7 Å². The second kappa shape index (κ2) is 8.64. The van der Waals surface area contributed by atoms with E-state index >= 15 is 0 Å². The average Bonchev–Trinajstić information content (AvgIpc) is 3.06. The van der Waals surface area contributed by atoms with E-state index in [2.05, 4.69) is 50.3 Å². The van der Waals surface area contributed by atoms with Gasteiger partial charge in [0.1, 0.15) is 5.60 Å². The van der Waals surface area contributed by atoms with Gasteiger partial charge in [-0.3, -0.25) is 9.48 Å². The van der Waals surface area contributed by atoms with Crippen molar-refractivity contribution in [2.75, 3.05) is 13.1 Å². The molecule has 3 rings (SSSR count). The van der Waals surface area contributed by atoms with Gasteiger partial charge in [0.25, 0.3) is 6.47 Å². The Balaban J connectivity index is 0.000000256. The molecule has 5 heteroatoms. The van der Waals surface area contributed by atoms with Crippen LogP contribution < -0.4 is 5.32 Å². The lowest BCUT2D eigenvalue weighted by Gasteiger charge is -2.22. The summed E-state index contributed by atoms with van der Waals surface area (Å²) in [5.41, 5.74) is 2.14. The van der Waals surface area contributed by atoms with Gasteiger partial charge in [0.2, 0.25) is 0 Å². The third kappa shape index (κ3) is 5.81. The Labute approximate surface area is 144 Å². The topological polar surface area (TPSA) is 56.1 Å². The fraction of sp³-hybridized carbons (Fsp3) is 0.474. The van der Waals surface area contributed by atoms with Crippen molar-refractivity contribution in [2.24, 2.45) is 0 Å². The quantitative estimate of drug-likeness (QED) is 0.877. The molecule has 0 bridgehead atoms. The van der Waals surface area contributed by atoms with Gasteiger partial charge in [0, 0.05) is 11.8 Å². The van der Waals surface area contributed by atoms with Crippen molar-refractivity contribution in [1.82, 2.24) is 15.1 Å². The van der Waals surface area contributed by atoms with E-state index in [1.54, 1.807) is 0 Å². The van der Waals surface area contributed by atoms with Crippen molar-refractivity contribution in [3.05, 3.63) is 42.7 Å². The Morgan fingerprint density at radius 3 is 2.38 bits per heavy atom. The number of carbonyl (C=O) groups is 1. The van der Waals surface area contributed by atoms with E-state index in [1.165, 1.54) is 24.0 Å². The molecule has 2 heterocycles. The first-order valence-corrected chi connectivity index (χ1v) is 8.41. The third-order valence-electron chi connectivity index (χ3n) is 3.79. The smallest absolute Gasteiger partial charge is 0.293 e. The fourth-order valence-electron chi connectivity index (χ4n) is 2.53. The Kier molecular flexibility index (Phi) is 6.55. The molecular formula is C19H27N3O2. The molecule has 1 fully saturated rings. The van der Waals surface area contributed by atoms with Crippen molar-refractivity contribution < 1.29 is 9.53 Å². The summed E-state index contributed by atoms with van der Waals surface area (Å²) < 4.78 is 6.68. The van der Waals surface area contributed by atoms with Crippen LogP contribution >= 0.6 is 0 Å². The van der Waals surface area contributed by atoms with Gasteiger partial charge in [-0.15, -0.1) is 0 Å². The summed E-state index contributed by atoms with van der Waals surface area (Å²) in [5.74, 6) is 0.